The van der Waals surface area contributed by atoms with Crippen molar-refractivity contribution < 1.29 is 14.6 Å². The van der Waals surface area contributed by atoms with Crippen molar-refractivity contribution >= 4 is 5.78 Å². The van der Waals surface area contributed by atoms with Gasteiger partial charge >= 0.3 is 0 Å². The van der Waals surface area contributed by atoms with E-state index < -0.39 is 5.60 Å². The third kappa shape index (κ3) is 2.41. The molecule has 1 aromatic rings. The Morgan fingerprint density at radius 2 is 1.83 bits per heavy atom. The van der Waals surface area contributed by atoms with Crippen LogP contribution in [0.5, 0.6) is 5.75 Å². The number of hydrogen-bond acceptors (Lipinski definition) is 3. The van der Waals surface area contributed by atoms with Crippen LogP contribution in [0.3, 0.4) is 0 Å². The Bertz CT molecular complexity index is 445. The maximum absolute atomic E-state index is 12.4. The van der Waals surface area contributed by atoms with Crippen molar-refractivity contribution in [3.63, 3.8) is 0 Å². The Hall–Kier alpha value is -1.35. The van der Waals surface area contributed by atoms with Crippen molar-refractivity contribution in [3.8, 4) is 5.75 Å². The quantitative estimate of drug-likeness (QED) is 0.817. The second-order valence-corrected chi connectivity index (χ2v) is 4.66. The van der Waals surface area contributed by atoms with E-state index in [1.807, 2.05) is 33.8 Å². The van der Waals surface area contributed by atoms with Crippen molar-refractivity contribution in [1.29, 1.82) is 0 Å². The molecule has 100 valence electrons. The van der Waals surface area contributed by atoms with Crippen LogP contribution in [-0.2, 0) is 0 Å². The van der Waals surface area contributed by atoms with Crippen molar-refractivity contribution in [2.24, 2.45) is 0 Å². The first-order valence-electron chi connectivity index (χ1n) is 6.32. The van der Waals surface area contributed by atoms with E-state index in [0.29, 0.717) is 24.2 Å². The monoisotopic (exact) mass is 250 g/mol. The fourth-order valence-electron chi connectivity index (χ4n) is 2.05. The Labute approximate surface area is 109 Å². The number of carbonyl (C=O) groups is 1. The lowest BCUT2D eigenvalue weighted by Crippen LogP contribution is -2.37. The molecule has 0 spiro atoms. The molecule has 1 N–H and O–H groups in total. The van der Waals surface area contributed by atoms with E-state index in [0.717, 1.165) is 11.1 Å². The van der Waals surface area contributed by atoms with Crippen LogP contribution in [0, 0.1) is 13.8 Å². The molecule has 0 heterocycles. The maximum atomic E-state index is 12.4. The molecule has 0 unspecified atom stereocenters. The number of aryl methyl sites for hydroxylation is 1. The van der Waals surface area contributed by atoms with E-state index in [9.17, 15) is 9.90 Å². The molecule has 0 radical (unpaired) electrons. The van der Waals surface area contributed by atoms with Gasteiger partial charge in [0.15, 0.2) is 5.78 Å². The van der Waals surface area contributed by atoms with Crippen molar-refractivity contribution in [1.82, 2.24) is 0 Å². The van der Waals surface area contributed by atoms with E-state index >= 15 is 0 Å². The predicted octanol–water partition coefficient (Wildman–Crippen LogP) is 3.05. The maximum Gasteiger partial charge on any atom is 0.198 e. The van der Waals surface area contributed by atoms with Crippen molar-refractivity contribution in [2.75, 3.05) is 7.11 Å². The van der Waals surface area contributed by atoms with Gasteiger partial charge in [-0.25, -0.2) is 0 Å². The Morgan fingerprint density at radius 1 is 1.28 bits per heavy atom. The molecule has 0 aliphatic heterocycles. The van der Waals surface area contributed by atoms with Gasteiger partial charge in [-0.3, -0.25) is 4.79 Å². The summed E-state index contributed by atoms with van der Waals surface area (Å²) >= 11 is 0. The minimum atomic E-state index is -1.30. The molecule has 1 aromatic carbocycles. The number of aliphatic hydroxyl groups is 1. The highest BCUT2D eigenvalue weighted by Crippen LogP contribution is 2.31. The van der Waals surface area contributed by atoms with Crippen molar-refractivity contribution in [3.05, 3.63) is 28.8 Å². The summed E-state index contributed by atoms with van der Waals surface area (Å²) in [5.74, 6) is 0.313. The summed E-state index contributed by atoms with van der Waals surface area (Å²) in [5.41, 5.74) is 1.18. The Kier molecular flexibility index (Phi) is 4.52. The minimum Gasteiger partial charge on any atom is -0.496 e. The molecule has 3 heteroatoms. The molecule has 0 aliphatic carbocycles. The third-order valence-electron chi connectivity index (χ3n) is 3.72. The Morgan fingerprint density at radius 3 is 2.28 bits per heavy atom. The fraction of sp³-hybridized carbons (Fsp3) is 0.533. The SMILES string of the molecule is CCC(O)(CC)C(=O)c1ccc(C)c(C)c1OC. The van der Waals surface area contributed by atoms with E-state index in [4.69, 9.17) is 4.74 Å². The van der Waals surface area contributed by atoms with Gasteiger partial charge in [0, 0.05) is 0 Å². The standard InChI is InChI=1S/C15H22O3/c1-6-15(17,7-2)14(16)12-9-8-10(3)11(4)13(12)18-5/h8-9,17H,6-7H2,1-5H3. The smallest absolute Gasteiger partial charge is 0.198 e. The zero-order valence-corrected chi connectivity index (χ0v) is 11.8. The first kappa shape index (κ1) is 14.7. The summed E-state index contributed by atoms with van der Waals surface area (Å²) in [7, 11) is 1.55. The van der Waals surface area contributed by atoms with Crippen LogP contribution in [0.15, 0.2) is 12.1 Å². The average Bonchev–Trinajstić information content (AvgIpc) is 2.39. The zero-order chi connectivity index (χ0) is 13.9. The molecule has 0 fully saturated rings. The number of hydrogen-bond donors (Lipinski definition) is 1. The molecule has 0 atom stereocenters. The minimum absolute atomic E-state index is 0.257. The number of Topliss-reactive ketones (excluding diaryl/α,β-unsaturated/α-hetero) is 1. The van der Waals surface area contributed by atoms with Crippen LogP contribution in [0.2, 0.25) is 0 Å². The van der Waals surface area contributed by atoms with Gasteiger partial charge in [0.25, 0.3) is 0 Å². The number of ether oxygens (including phenoxy) is 1. The van der Waals surface area contributed by atoms with E-state index in [2.05, 4.69) is 0 Å². The van der Waals surface area contributed by atoms with Gasteiger partial charge in [-0.15, -0.1) is 0 Å². The van der Waals surface area contributed by atoms with E-state index in [1.54, 1.807) is 13.2 Å². The molecule has 0 saturated carbocycles. The van der Waals surface area contributed by atoms with Gasteiger partial charge in [-0.2, -0.15) is 0 Å². The molecule has 0 aliphatic rings. The number of ketones is 1. The number of methoxy groups -OCH3 is 1. The first-order chi connectivity index (χ1) is 8.41. The lowest BCUT2D eigenvalue weighted by Gasteiger charge is -2.25. The van der Waals surface area contributed by atoms with Gasteiger partial charge in [0.1, 0.15) is 11.4 Å². The molecule has 18 heavy (non-hydrogen) atoms. The molecule has 0 aromatic heterocycles. The summed E-state index contributed by atoms with van der Waals surface area (Å²) < 4.78 is 5.33. The largest absolute Gasteiger partial charge is 0.496 e. The number of carbonyl (C=O) groups excluding carboxylic acids is 1. The highest BCUT2D eigenvalue weighted by Gasteiger charge is 2.34. The topological polar surface area (TPSA) is 46.5 Å². The van der Waals surface area contributed by atoms with Crippen LogP contribution in [0.1, 0.15) is 48.2 Å². The average molecular weight is 250 g/mol. The molecular formula is C15H22O3. The third-order valence-corrected chi connectivity index (χ3v) is 3.72. The van der Waals surface area contributed by atoms with E-state index in [-0.39, 0.29) is 5.78 Å². The van der Waals surface area contributed by atoms with Gasteiger partial charge in [-0.1, -0.05) is 19.9 Å². The lowest BCUT2D eigenvalue weighted by atomic mass is 9.86. The van der Waals surface area contributed by atoms with Crippen LogP contribution in [0.4, 0.5) is 0 Å². The van der Waals surface area contributed by atoms with Crippen molar-refractivity contribution in [2.45, 2.75) is 46.1 Å². The van der Waals surface area contributed by atoms with Gasteiger partial charge in [0.05, 0.1) is 12.7 Å². The zero-order valence-electron chi connectivity index (χ0n) is 11.8. The molecule has 0 amide bonds. The highest BCUT2D eigenvalue weighted by molar-refractivity contribution is 6.04. The molecule has 0 saturated heterocycles. The van der Waals surface area contributed by atoms with Crippen LogP contribution in [0.25, 0.3) is 0 Å². The number of rotatable bonds is 5. The summed E-state index contributed by atoms with van der Waals surface area (Å²) in [6, 6.07) is 3.62. The van der Waals surface area contributed by atoms with Crippen LogP contribution >= 0.6 is 0 Å². The normalized spacial score (nSPS) is 11.4. The molecule has 1 rings (SSSR count). The van der Waals surface area contributed by atoms with Gasteiger partial charge < -0.3 is 9.84 Å². The van der Waals surface area contributed by atoms with E-state index in [1.165, 1.54) is 0 Å². The first-order valence-corrected chi connectivity index (χ1v) is 6.32. The Balaban J connectivity index is 3.34. The fourth-order valence-corrected chi connectivity index (χ4v) is 2.05. The molecule has 3 nitrogen and oxygen atoms in total. The molecule has 0 bridgehead atoms. The van der Waals surface area contributed by atoms with Crippen LogP contribution < -0.4 is 4.74 Å². The summed E-state index contributed by atoms with van der Waals surface area (Å²) in [6.45, 7) is 7.52. The summed E-state index contributed by atoms with van der Waals surface area (Å²) in [6.07, 6.45) is 0.802. The molecular weight excluding hydrogens is 228 g/mol. The summed E-state index contributed by atoms with van der Waals surface area (Å²) in [4.78, 5) is 12.4. The lowest BCUT2D eigenvalue weighted by molar-refractivity contribution is 0.0275. The predicted molar refractivity (Wildman–Crippen MR) is 72.3 cm³/mol. The second kappa shape index (κ2) is 5.53. The number of benzene rings is 1. The summed E-state index contributed by atoms with van der Waals surface area (Å²) in [5, 5.41) is 10.3. The van der Waals surface area contributed by atoms with Gasteiger partial charge in [-0.05, 0) is 43.9 Å². The van der Waals surface area contributed by atoms with Gasteiger partial charge in [0.2, 0.25) is 0 Å². The second-order valence-electron chi connectivity index (χ2n) is 4.66. The highest BCUT2D eigenvalue weighted by atomic mass is 16.5. The van der Waals surface area contributed by atoms with Crippen LogP contribution in [-0.4, -0.2) is 23.6 Å².